The fraction of sp³-hybridized carbons (Fsp3) is 0.733. The number of aromatic nitrogens is 2. The van der Waals surface area contributed by atoms with Gasteiger partial charge in [0, 0.05) is 24.8 Å². The summed E-state index contributed by atoms with van der Waals surface area (Å²) in [7, 11) is 0. The number of anilines is 2. The third-order valence-electron chi connectivity index (χ3n) is 3.30. The van der Waals surface area contributed by atoms with E-state index in [1.807, 2.05) is 0 Å². The average Bonchev–Trinajstić information content (AvgIpc) is 2.47. The van der Waals surface area contributed by atoms with Gasteiger partial charge in [0.05, 0.1) is 0 Å². The first-order valence-corrected chi connectivity index (χ1v) is 7.71. The highest BCUT2D eigenvalue weighted by Crippen LogP contribution is 2.23. The molecular formula is C15H28N4O. The van der Waals surface area contributed by atoms with Crippen LogP contribution in [0.2, 0.25) is 0 Å². The normalized spacial score (nSPS) is 12.2. The zero-order chi connectivity index (χ0) is 14.8. The van der Waals surface area contributed by atoms with Crippen LogP contribution in [0.4, 0.5) is 11.6 Å². The Labute approximate surface area is 122 Å². The van der Waals surface area contributed by atoms with Crippen molar-refractivity contribution in [1.82, 2.24) is 9.97 Å². The quantitative estimate of drug-likeness (QED) is 0.615. The van der Waals surface area contributed by atoms with Crippen molar-refractivity contribution < 1.29 is 5.11 Å². The highest BCUT2D eigenvalue weighted by atomic mass is 16.3. The summed E-state index contributed by atoms with van der Waals surface area (Å²) in [5, 5.41) is 15.9. The summed E-state index contributed by atoms with van der Waals surface area (Å²) in [5.41, 5.74) is 1.15. The Morgan fingerprint density at radius 1 is 1.15 bits per heavy atom. The Morgan fingerprint density at radius 3 is 2.50 bits per heavy atom. The van der Waals surface area contributed by atoms with E-state index in [0.29, 0.717) is 0 Å². The first-order valence-electron chi connectivity index (χ1n) is 7.71. The lowest BCUT2D eigenvalue weighted by Gasteiger charge is -2.20. The highest BCUT2D eigenvalue weighted by molar-refractivity contribution is 5.57. The van der Waals surface area contributed by atoms with Gasteiger partial charge in [0.1, 0.15) is 18.0 Å². The second-order valence-electron chi connectivity index (χ2n) is 4.99. The number of aliphatic hydroxyl groups excluding tert-OH is 1. The summed E-state index contributed by atoms with van der Waals surface area (Å²) in [4.78, 5) is 8.76. The van der Waals surface area contributed by atoms with Crippen LogP contribution >= 0.6 is 0 Å². The number of rotatable bonds is 10. The van der Waals surface area contributed by atoms with Crippen molar-refractivity contribution in [2.75, 3.05) is 23.8 Å². The van der Waals surface area contributed by atoms with Gasteiger partial charge >= 0.3 is 0 Å². The van der Waals surface area contributed by atoms with Gasteiger partial charge in [0.2, 0.25) is 0 Å². The van der Waals surface area contributed by atoms with Gasteiger partial charge in [-0.15, -0.1) is 0 Å². The van der Waals surface area contributed by atoms with Crippen LogP contribution in [0.15, 0.2) is 6.33 Å². The van der Waals surface area contributed by atoms with Gasteiger partial charge in [-0.05, 0) is 25.7 Å². The van der Waals surface area contributed by atoms with E-state index in [-0.39, 0.29) is 12.6 Å². The molecule has 0 aliphatic carbocycles. The van der Waals surface area contributed by atoms with Crippen molar-refractivity contribution in [3.8, 4) is 0 Å². The maximum Gasteiger partial charge on any atom is 0.134 e. The third kappa shape index (κ3) is 4.96. The lowest BCUT2D eigenvalue weighted by molar-refractivity contribution is 0.278. The van der Waals surface area contributed by atoms with Gasteiger partial charge < -0.3 is 15.7 Å². The first kappa shape index (κ1) is 16.7. The molecule has 0 spiro atoms. The molecule has 0 fully saturated rings. The minimum absolute atomic E-state index is 0.195. The highest BCUT2D eigenvalue weighted by Gasteiger charge is 2.13. The first-order chi connectivity index (χ1) is 9.76. The van der Waals surface area contributed by atoms with Gasteiger partial charge in [-0.2, -0.15) is 0 Å². The van der Waals surface area contributed by atoms with Crippen LogP contribution < -0.4 is 10.6 Å². The summed E-state index contributed by atoms with van der Waals surface area (Å²) in [5.74, 6) is 1.84. The zero-order valence-corrected chi connectivity index (χ0v) is 12.9. The summed E-state index contributed by atoms with van der Waals surface area (Å²) >= 11 is 0. The summed E-state index contributed by atoms with van der Waals surface area (Å²) in [6, 6.07) is 0.254. The van der Waals surface area contributed by atoms with Crippen LogP contribution in [-0.4, -0.2) is 34.3 Å². The fourth-order valence-corrected chi connectivity index (χ4v) is 2.15. The number of hydrogen-bond donors (Lipinski definition) is 3. The van der Waals surface area contributed by atoms with Crippen LogP contribution in [0.5, 0.6) is 0 Å². The Hall–Kier alpha value is -1.36. The van der Waals surface area contributed by atoms with Crippen molar-refractivity contribution in [3.05, 3.63) is 11.9 Å². The van der Waals surface area contributed by atoms with Crippen LogP contribution in [0, 0.1) is 0 Å². The van der Waals surface area contributed by atoms with E-state index < -0.39 is 0 Å². The second-order valence-corrected chi connectivity index (χ2v) is 4.99. The molecule has 0 saturated carbocycles. The van der Waals surface area contributed by atoms with Crippen LogP contribution in [-0.2, 0) is 6.42 Å². The maximum absolute atomic E-state index is 9.10. The van der Waals surface area contributed by atoms with E-state index in [2.05, 4.69) is 41.4 Å². The molecule has 5 heteroatoms. The molecule has 1 unspecified atom stereocenters. The molecule has 5 nitrogen and oxygen atoms in total. The van der Waals surface area contributed by atoms with Crippen LogP contribution in [0.3, 0.4) is 0 Å². The van der Waals surface area contributed by atoms with E-state index in [1.165, 1.54) is 0 Å². The molecule has 0 amide bonds. The molecular weight excluding hydrogens is 252 g/mol. The Bertz CT molecular complexity index is 384. The van der Waals surface area contributed by atoms with Crippen molar-refractivity contribution in [2.45, 2.75) is 58.9 Å². The number of hydrogen-bond acceptors (Lipinski definition) is 5. The molecule has 1 heterocycles. The molecule has 114 valence electrons. The molecule has 1 aromatic rings. The molecule has 0 radical (unpaired) electrons. The van der Waals surface area contributed by atoms with Crippen molar-refractivity contribution in [2.24, 2.45) is 0 Å². The lowest BCUT2D eigenvalue weighted by atomic mass is 10.1. The minimum atomic E-state index is 0.195. The van der Waals surface area contributed by atoms with E-state index in [0.717, 1.165) is 55.8 Å². The van der Waals surface area contributed by atoms with Gasteiger partial charge in [0.15, 0.2) is 0 Å². The SMILES string of the molecule is CCCNc1ncnc(NC(CC)CCO)c1CCC. The molecule has 20 heavy (non-hydrogen) atoms. The van der Waals surface area contributed by atoms with Crippen LogP contribution in [0.25, 0.3) is 0 Å². The van der Waals surface area contributed by atoms with E-state index in [4.69, 9.17) is 5.11 Å². The molecule has 0 aliphatic rings. The molecule has 0 aromatic carbocycles. The van der Waals surface area contributed by atoms with E-state index in [9.17, 15) is 0 Å². The molecule has 1 rings (SSSR count). The molecule has 3 N–H and O–H groups in total. The van der Waals surface area contributed by atoms with Crippen molar-refractivity contribution in [3.63, 3.8) is 0 Å². The Balaban J connectivity index is 2.92. The average molecular weight is 280 g/mol. The molecule has 1 aromatic heterocycles. The second kappa shape index (κ2) is 9.53. The summed E-state index contributed by atoms with van der Waals surface area (Å²) in [6.45, 7) is 7.53. The largest absolute Gasteiger partial charge is 0.396 e. The molecule has 0 aliphatic heterocycles. The molecule has 0 saturated heterocycles. The topological polar surface area (TPSA) is 70.1 Å². The molecule has 1 atom stereocenters. The van der Waals surface area contributed by atoms with Crippen LogP contribution in [0.1, 0.15) is 52.0 Å². The van der Waals surface area contributed by atoms with Gasteiger partial charge in [-0.1, -0.05) is 27.2 Å². The number of nitrogens with one attached hydrogen (secondary N) is 2. The van der Waals surface area contributed by atoms with Gasteiger partial charge in [0.25, 0.3) is 0 Å². The smallest absolute Gasteiger partial charge is 0.134 e. The summed E-state index contributed by atoms with van der Waals surface area (Å²) in [6.07, 6.45) is 6.38. The Morgan fingerprint density at radius 2 is 1.90 bits per heavy atom. The predicted octanol–water partition coefficient (Wildman–Crippen LogP) is 2.82. The zero-order valence-electron chi connectivity index (χ0n) is 12.9. The molecule has 0 bridgehead atoms. The standard InChI is InChI=1S/C15H28N4O/c1-4-7-13-14(16-9-5-2)17-11-18-15(13)19-12(6-3)8-10-20/h11-12,20H,4-10H2,1-3H3,(H2,16,17,18,19). The third-order valence-corrected chi connectivity index (χ3v) is 3.30. The van der Waals surface area contributed by atoms with Crippen molar-refractivity contribution >= 4 is 11.6 Å². The Kier molecular flexibility index (Phi) is 7.95. The monoisotopic (exact) mass is 280 g/mol. The van der Waals surface area contributed by atoms with E-state index in [1.54, 1.807) is 6.33 Å². The van der Waals surface area contributed by atoms with E-state index >= 15 is 0 Å². The minimum Gasteiger partial charge on any atom is -0.396 e. The van der Waals surface area contributed by atoms with Gasteiger partial charge in [-0.25, -0.2) is 9.97 Å². The number of aliphatic hydroxyl groups is 1. The fourth-order valence-electron chi connectivity index (χ4n) is 2.15. The predicted molar refractivity (Wildman–Crippen MR) is 84.2 cm³/mol. The number of nitrogens with zero attached hydrogens (tertiary/aromatic N) is 2. The van der Waals surface area contributed by atoms with Gasteiger partial charge in [-0.3, -0.25) is 0 Å². The lowest BCUT2D eigenvalue weighted by Crippen LogP contribution is -2.22. The van der Waals surface area contributed by atoms with Crippen molar-refractivity contribution in [1.29, 1.82) is 0 Å². The summed E-state index contributed by atoms with van der Waals surface area (Å²) < 4.78 is 0. The maximum atomic E-state index is 9.10.